The molecule has 122 valence electrons. The van der Waals surface area contributed by atoms with Crippen LogP contribution in [0.3, 0.4) is 0 Å². The molecule has 1 aliphatic heterocycles. The second-order valence-electron chi connectivity index (χ2n) is 7.83. The van der Waals surface area contributed by atoms with Crippen molar-refractivity contribution >= 4 is 11.5 Å². The average Bonchev–Trinajstić information content (AvgIpc) is 3.47. The van der Waals surface area contributed by atoms with Crippen molar-refractivity contribution in [3.05, 3.63) is 42.0 Å². The Morgan fingerprint density at radius 1 is 1.04 bits per heavy atom. The van der Waals surface area contributed by atoms with Gasteiger partial charge < -0.3 is 4.90 Å². The van der Waals surface area contributed by atoms with Crippen LogP contribution in [0.1, 0.15) is 61.6 Å². The highest BCUT2D eigenvalue weighted by atomic mass is 16.1. The van der Waals surface area contributed by atoms with Crippen LogP contribution >= 0.6 is 0 Å². The number of carbonyl (C=O) groups excluding carboxylic acids is 1. The molecule has 2 aliphatic carbocycles. The Hall–Kier alpha value is -2.23. The van der Waals surface area contributed by atoms with Crippen molar-refractivity contribution < 1.29 is 4.79 Å². The van der Waals surface area contributed by atoms with E-state index < -0.39 is 5.54 Å². The van der Waals surface area contributed by atoms with Crippen LogP contribution in [-0.2, 0) is 0 Å². The van der Waals surface area contributed by atoms with Crippen molar-refractivity contribution in [2.45, 2.75) is 57.0 Å². The van der Waals surface area contributed by atoms with Crippen molar-refractivity contribution in [1.29, 1.82) is 0 Å². The number of ketones is 1. The standard InChI is InChI=1S/C20H21N3O/c1-20(2)18(24)16-8-5-13(9-17(16)23(20)15-6-7-15)14-10-21-19(22-11-14)12-3-4-12/h5,8-12,15H,3-4,6-7H2,1-2H3. The summed E-state index contributed by atoms with van der Waals surface area (Å²) in [5, 5.41) is 0. The third kappa shape index (κ3) is 2.02. The molecule has 3 aliphatic rings. The molecule has 24 heavy (non-hydrogen) atoms. The summed E-state index contributed by atoms with van der Waals surface area (Å²) in [6.07, 6.45) is 8.63. The van der Waals surface area contributed by atoms with Gasteiger partial charge in [-0.15, -0.1) is 0 Å². The van der Waals surface area contributed by atoms with Gasteiger partial charge in [-0.3, -0.25) is 4.79 Å². The lowest BCUT2D eigenvalue weighted by molar-refractivity contribution is 0.0923. The number of carbonyl (C=O) groups is 1. The summed E-state index contributed by atoms with van der Waals surface area (Å²) in [6, 6.07) is 6.66. The van der Waals surface area contributed by atoms with Gasteiger partial charge in [0.05, 0.1) is 5.54 Å². The minimum atomic E-state index is -0.436. The van der Waals surface area contributed by atoms with Crippen LogP contribution in [-0.4, -0.2) is 27.3 Å². The normalized spacial score (nSPS) is 21.9. The van der Waals surface area contributed by atoms with Crippen LogP contribution in [0.25, 0.3) is 11.1 Å². The summed E-state index contributed by atoms with van der Waals surface area (Å²) in [5.74, 6) is 1.77. The maximum atomic E-state index is 12.8. The fourth-order valence-corrected chi connectivity index (χ4v) is 3.87. The molecule has 4 heteroatoms. The van der Waals surface area contributed by atoms with Crippen LogP contribution in [0.2, 0.25) is 0 Å². The Kier molecular flexibility index (Phi) is 2.74. The Balaban J connectivity index is 1.56. The van der Waals surface area contributed by atoms with E-state index >= 15 is 0 Å². The van der Waals surface area contributed by atoms with Crippen molar-refractivity contribution in [1.82, 2.24) is 9.97 Å². The Labute approximate surface area is 141 Å². The number of rotatable bonds is 3. The predicted octanol–water partition coefficient (Wildman–Crippen LogP) is 3.96. The molecular formula is C20H21N3O. The molecule has 0 atom stereocenters. The van der Waals surface area contributed by atoms with Crippen LogP contribution < -0.4 is 4.90 Å². The molecular weight excluding hydrogens is 298 g/mol. The highest BCUT2D eigenvalue weighted by Gasteiger charge is 2.49. The Morgan fingerprint density at radius 2 is 1.75 bits per heavy atom. The molecule has 2 heterocycles. The minimum Gasteiger partial charge on any atom is -0.355 e. The van der Waals surface area contributed by atoms with Crippen molar-refractivity contribution in [2.24, 2.45) is 0 Å². The van der Waals surface area contributed by atoms with Crippen LogP contribution in [0, 0.1) is 0 Å². The molecule has 2 saturated carbocycles. The fraction of sp³-hybridized carbons (Fsp3) is 0.450. The lowest BCUT2D eigenvalue weighted by atomic mass is 9.97. The molecule has 5 rings (SSSR count). The summed E-state index contributed by atoms with van der Waals surface area (Å²) in [6.45, 7) is 4.09. The van der Waals surface area contributed by atoms with Gasteiger partial charge in [-0.25, -0.2) is 9.97 Å². The Morgan fingerprint density at radius 3 is 2.38 bits per heavy atom. The maximum Gasteiger partial charge on any atom is 0.189 e. The third-order valence-corrected chi connectivity index (χ3v) is 5.52. The molecule has 0 radical (unpaired) electrons. The second kappa shape index (κ2) is 4.65. The van der Waals surface area contributed by atoms with Crippen molar-refractivity contribution in [3.8, 4) is 11.1 Å². The van der Waals surface area contributed by atoms with Crippen LogP contribution in [0.5, 0.6) is 0 Å². The Bertz CT molecular complexity index is 832. The van der Waals surface area contributed by atoms with Gasteiger partial charge in [0.25, 0.3) is 0 Å². The van der Waals surface area contributed by atoms with E-state index in [2.05, 4.69) is 20.9 Å². The summed E-state index contributed by atoms with van der Waals surface area (Å²) < 4.78 is 0. The summed E-state index contributed by atoms with van der Waals surface area (Å²) in [4.78, 5) is 24.2. The zero-order valence-corrected chi connectivity index (χ0v) is 14.1. The molecule has 2 aromatic rings. The van der Waals surface area contributed by atoms with E-state index in [4.69, 9.17) is 0 Å². The van der Waals surface area contributed by atoms with Gasteiger partial charge in [0.1, 0.15) is 5.82 Å². The first-order valence-corrected chi connectivity index (χ1v) is 8.86. The number of Topliss-reactive ketones (excluding diaryl/α,β-unsaturated/α-hetero) is 1. The average molecular weight is 319 g/mol. The van der Waals surface area contributed by atoms with Gasteiger partial charge in [-0.1, -0.05) is 6.07 Å². The molecule has 4 nitrogen and oxygen atoms in total. The number of fused-ring (bicyclic) bond motifs is 1. The topological polar surface area (TPSA) is 46.1 Å². The number of aromatic nitrogens is 2. The first kappa shape index (κ1) is 14.1. The van der Waals surface area contributed by atoms with E-state index in [1.54, 1.807) is 0 Å². The second-order valence-corrected chi connectivity index (χ2v) is 7.83. The molecule has 1 aromatic heterocycles. The number of anilines is 1. The molecule has 0 unspecified atom stereocenters. The highest BCUT2D eigenvalue weighted by molar-refractivity contribution is 6.14. The molecule has 0 spiro atoms. The van der Waals surface area contributed by atoms with Gasteiger partial charge in [0, 0.05) is 41.2 Å². The smallest absolute Gasteiger partial charge is 0.189 e. The van der Waals surface area contributed by atoms with Gasteiger partial charge in [0.15, 0.2) is 5.78 Å². The first-order valence-electron chi connectivity index (χ1n) is 8.86. The fourth-order valence-electron chi connectivity index (χ4n) is 3.87. The van der Waals surface area contributed by atoms with Gasteiger partial charge >= 0.3 is 0 Å². The molecule has 0 saturated heterocycles. The van der Waals surface area contributed by atoms with E-state index in [-0.39, 0.29) is 5.78 Å². The zero-order valence-electron chi connectivity index (χ0n) is 14.1. The number of hydrogen-bond acceptors (Lipinski definition) is 4. The quantitative estimate of drug-likeness (QED) is 0.859. The molecule has 0 amide bonds. The van der Waals surface area contributed by atoms with Crippen LogP contribution in [0.4, 0.5) is 5.69 Å². The van der Waals surface area contributed by atoms with Gasteiger partial charge in [-0.05, 0) is 57.2 Å². The lowest BCUT2D eigenvalue weighted by Crippen LogP contribution is -2.46. The van der Waals surface area contributed by atoms with E-state index in [9.17, 15) is 4.79 Å². The van der Waals surface area contributed by atoms with E-state index in [0.717, 1.165) is 28.2 Å². The summed E-state index contributed by atoms with van der Waals surface area (Å²) >= 11 is 0. The zero-order chi connectivity index (χ0) is 16.5. The van der Waals surface area contributed by atoms with E-state index in [1.807, 2.05) is 38.4 Å². The van der Waals surface area contributed by atoms with E-state index in [1.165, 1.54) is 25.7 Å². The van der Waals surface area contributed by atoms with E-state index in [0.29, 0.717) is 12.0 Å². The number of hydrogen-bond donors (Lipinski definition) is 0. The lowest BCUT2D eigenvalue weighted by Gasteiger charge is -2.32. The van der Waals surface area contributed by atoms with Gasteiger partial charge in [0.2, 0.25) is 0 Å². The molecule has 0 N–H and O–H groups in total. The predicted molar refractivity (Wildman–Crippen MR) is 93.4 cm³/mol. The van der Waals surface area contributed by atoms with Crippen LogP contribution in [0.15, 0.2) is 30.6 Å². The first-order chi connectivity index (χ1) is 11.6. The summed E-state index contributed by atoms with van der Waals surface area (Å²) in [7, 11) is 0. The van der Waals surface area contributed by atoms with Gasteiger partial charge in [-0.2, -0.15) is 0 Å². The minimum absolute atomic E-state index is 0.233. The molecule has 2 fully saturated rings. The third-order valence-electron chi connectivity index (χ3n) is 5.52. The molecule has 1 aromatic carbocycles. The van der Waals surface area contributed by atoms with Crippen molar-refractivity contribution in [3.63, 3.8) is 0 Å². The molecule has 0 bridgehead atoms. The maximum absolute atomic E-state index is 12.8. The monoisotopic (exact) mass is 319 g/mol. The number of nitrogens with zero attached hydrogens (tertiary/aromatic N) is 3. The summed E-state index contributed by atoms with van der Waals surface area (Å²) in [5.41, 5.74) is 3.61. The SMILES string of the molecule is CC1(C)C(=O)c2ccc(-c3cnc(C4CC4)nc3)cc2N1C1CC1. The largest absolute Gasteiger partial charge is 0.355 e. The highest BCUT2D eigenvalue weighted by Crippen LogP contribution is 2.47. The number of benzene rings is 1. The van der Waals surface area contributed by atoms with Crippen molar-refractivity contribution in [2.75, 3.05) is 4.90 Å².